The van der Waals surface area contributed by atoms with E-state index in [2.05, 4.69) is 10.3 Å². The van der Waals surface area contributed by atoms with Crippen molar-refractivity contribution in [2.45, 2.75) is 26.3 Å². The standard InChI is InChI=1S/C30H30F2N4O3/c1-19-15-21(7-8-22(19)29(37)36-9-2-3-10-36)33-30-34-27-6-4-5-23(28(27)39-30)20-16-25(31)24(26(32)17-20)18-35-11-13-38-14-12-35/h4-8,15-17H,2-3,9-14,18H2,1H3,(H,33,34). The van der Waals surface area contributed by atoms with Gasteiger partial charge in [0.1, 0.15) is 17.2 Å². The highest BCUT2D eigenvalue weighted by Gasteiger charge is 2.22. The molecule has 39 heavy (non-hydrogen) atoms. The van der Waals surface area contributed by atoms with E-state index in [4.69, 9.17) is 9.15 Å². The van der Waals surface area contributed by atoms with Gasteiger partial charge in [0.05, 0.1) is 13.2 Å². The number of para-hydroxylation sites is 1. The molecule has 2 saturated heterocycles. The van der Waals surface area contributed by atoms with Crippen LogP contribution in [0.2, 0.25) is 0 Å². The number of oxazole rings is 1. The zero-order chi connectivity index (χ0) is 26.9. The van der Waals surface area contributed by atoms with Crippen molar-refractivity contribution in [1.82, 2.24) is 14.8 Å². The Morgan fingerprint density at radius 1 is 1.00 bits per heavy atom. The lowest BCUT2D eigenvalue weighted by molar-refractivity contribution is 0.0332. The van der Waals surface area contributed by atoms with E-state index >= 15 is 8.78 Å². The second-order valence-electron chi connectivity index (χ2n) is 10.1. The first-order chi connectivity index (χ1) is 19.0. The summed E-state index contributed by atoms with van der Waals surface area (Å²) in [6.07, 6.45) is 2.09. The number of carbonyl (C=O) groups is 1. The predicted molar refractivity (Wildman–Crippen MR) is 145 cm³/mol. The molecule has 1 aromatic heterocycles. The summed E-state index contributed by atoms with van der Waals surface area (Å²) in [5.41, 5.74) is 4.23. The predicted octanol–water partition coefficient (Wildman–Crippen LogP) is 5.89. The van der Waals surface area contributed by atoms with E-state index in [1.165, 1.54) is 12.1 Å². The lowest BCUT2D eigenvalue weighted by Crippen LogP contribution is -2.36. The van der Waals surface area contributed by atoms with Gasteiger partial charge in [-0.05, 0) is 67.3 Å². The molecule has 3 heterocycles. The van der Waals surface area contributed by atoms with Gasteiger partial charge < -0.3 is 19.4 Å². The Morgan fingerprint density at radius 2 is 1.74 bits per heavy atom. The number of carbonyl (C=O) groups excluding carboxylic acids is 1. The van der Waals surface area contributed by atoms with Gasteiger partial charge >= 0.3 is 0 Å². The summed E-state index contributed by atoms with van der Waals surface area (Å²) in [4.78, 5) is 21.2. The Kier molecular flexibility index (Phi) is 7.01. The lowest BCUT2D eigenvalue weighted by Gasteiger charge is -2.26. The van der Waals surface area contributed by atoms with Gasteiger partial charge in [-0.3, -0.25) is 9.69 Å². The normalized spacial score (nSPS) is 16.2. The first kappa shape index (κ1) is 25.5. The van der Waals surface area contributed by atoms with Crippen LogP contribution in [0.1, 0.15) is 34.3 Å². The van der Waals surface area contributed by atoms with Crippen LogP contribution in [0.4, 0.5) is 20.5 Å². The highest BCUT2D eigenvalue weighted by molar-refractivity contribution is 5.96. The third-order valence-electron chi connectivity index (χ3n) is 7.45. The van der Waals surface area contributed by atoms with Crippen molar-refractivity contribution in [3.63, 3.8) is 0 Å². The van der Waals surface area contributed by atoms with Crippen molar-refractivity contribution < 1.29 is 22.7 Å². The first-order valence-electron chi connectivity index (χ1n) is 13.3. The molecule has 0 saturated carbocycles. The van der Waals surface area contributed by atoms with Crippen LogP contribution in [-0.4, -0.2) is 60.1 Å². The number of hydrogen-bond acceptors (Lipinski definition) is 6. The van der Waals surface area contributed by atoms with E-state index in [9.17, 15) is 4.79 Å². The fourth-order valence-corrected chi connectivity index (χ4v) is 5.32. The number of likely N-dealkylation sites (tertiary alicyclic amines) is 1. The number of anilines is 2. The fraction of sp³-hybridized carbons (Fsp3) is 0.333. The molecule has 0 atom stereocenters. The number of rotatable bonds is 6. The van der Waals surface area contributed by atoms with E-state index < -0.39 is 11.6 Å². The molecule has 1 amide bonds. The third-order valence-corrected chi connectivity index (χ3v) is 7.45. The fourth-order valence-electron chi connectivity index (χ4n) is 5.32. The van der Waals surface area contributed by atoms with E-state index in [1.54, 1.807) is 18.2 Å². The molecule has 6 rings (SSSR count). The van der Waals surface area contributed by atoms with Gasteiger partial charge in [-0.25, -0.2) is 8.78 Å². The molecular formula is C30H30F2N4O3. The van der Waals surface area contributed by atoms with Crippen LogP contribution >= 0.6 is 0 Å². The molecule has 202 valence electrons. The number of amides is 1. The van der Waals surface area contributed by atoms with Gasteiger partial charge in [-0.1, -0.05) is 12.1 Å². The second kappa shape index (κ2) is 10.7. The molecule has 0 bridgehead atoms. The van der Waals surface area contributed by atoms with Gasteiger partial charge in [0.2, 0.25) is 0 Å². The SMILES string of the molecule is Cc1cc(Nc2nc3cccc(-c4cc(F)c(CN5CCOCC5)c(F)c4)c3o2)ccc1C(=O)N1CCCC1. The molecule has 2 fully saturated rings. The monoisotopic (exact) mass is 532 g/mol. The Hall–Kier alpha value is -3.82. The van der Waals surface area contributed by atoms with Crippen molar-refractivity contribution in [2.24, 2.45) is 0 Å². The molecule has 0 unspecified atom stereocenters. The maximum Gasteiger partial charge on any atom is 0.300 e. The third kappa shape index (κ3) is 5.24. The van der Waals surface area contributed by atoms with E-state index in [1.807, 2.05) is 34.9 Å². The highest BCUT2D eigenvalue weighted by atomic mass is 19.1. The summed E-state index contributed by atoms with van der Waals surface area (Å²) in [7, 11) is 0. The summed E-state index contributed by atoms with van der Waals surface area (Å²) >= 11 is 0. The van der Waals surface area contributed by atoms with Crippen molar-refractivity contribution in [3.05, 3.63) is 76.9 Å². The van der Waals surface area contributed by atoms with Gasteiger partial charge in [0.15, 0.2) is 5.58 Å². The van der Waals surface area contributed by atoms with Crippen LogP contribution in [0.25, 0.3) is 22.2 Å². The minimum Gasteiger partial charge on any atom is -0.423 e. The zero-order valence-corrected chi connectivity index (χ0v) is 21.8. The number of morpholine rings is 1. The topological polar surface area (TPSA) is 70.8 Å². The molecule has 0 spiro atoms. The largest absolute Gasteiger partial charge is 0.423 e. The number of hydrogen-bond donors (Lipinski definition) is 1. The van der Waals surface area contributed by atoms with Crippen LogP contribution in [0.3, 0.4) is 0 Å². The van der Waals surface area contributed by atoms with Gasteiger partial charge in [-0.2, -0.15) is 4.98 Å². The molecule has 7 nitrogen and oxygen atoms in total. The van der Waals surface area contributed by atoms with Crippen molar-refractivity contribution in [2.75, 3.05) is 44.7 Å². The van der Waals surface area contributed by atoms with Gasteiger partial charge in [-0.15, -0.1) is 0 Å². The van der Waals surface area contributed by atoms with Crippen LogP contribution in [0.5, 0.6) is 0 Å². The summed E-state index contributed by atoms with van der Waals surface area (Å²) in [6.45, 7) is 6.11. The molecule has 4 aromatic rings. The van der Waals surface area contributed by atoms with Gasteiger partial charge in [0.25, 0.3) is 11.9 Å². The zero-order valence-electron chi connectivity index (χ0n) is 21.8. The summed E-state index contributed by atoms with van der Waals surface area (Å²) in [5.74, 6) is -1.13. The number of nitrogens with one attached hydrogen (secondary N) is 1. The van der Waals surface area contributed by atoms with Crippen LogP contribution in [0.15, 0.2) is 52.9 Å². The Labute approximate surface area is 225 Å². The first-order valence-corrected chi connectivity index (χ1v) is 13.3. The molecule has 9 heteroatoms. The van der Waals surface area contributed by atoms with E-state index in [0.29, 0.717) is 54.1 Å². The molecule has 2 aliphatic heterocycles. The van der Waals surface area contributed by atoms with Crippen molar-refractivity contribution in [1.29, 1.82) is 0 Å². The molecule has 3 aromatic carbocycles. The number of nitrogens with zero attached hydrogens (tertiary/aromatic N) is 3. The minimum atomic E-state index is -0.592. The maximum atomic E-state index is 15.1. The molecule has 0 aliphatic carbocycles. The highest BCUT2D eigenvalue weighted by Crippen LogP contribution is 2.34. The molecule has 2 aliphatic rings. The number of fused-ring (bicyclic) bond motifs is 1. The summed E-state index contributed by atoms with van der Waals surface area (Å²) in [5, 5.41) is 3.16. The second-order valence-corrected chi connectivity index (χ2v) is 10.1. The van der Waals surface area contributed by atoms with Crippen LogP contribution < -0.4 is 5.32 Å². The Morgan fingerprint density at radius 3 is 2.46 bits per heavy atom. The Bertz CT molecular complexity index is 1500. The van der Waals surface area contributed by atoms with Crippen molar-refractivity contribution >= 4 is 28.7 Å². The quantitative estimate of drug-likeness (QED) is 0.334. The maximum absolute atomic E-state index is 15.1. The van der Waals surface area contributed by atoms with E-state index in [-0.39, 0.29) is 24.0 Å². The molecule has 1 N–H and O–H groups in total. The summed E-state index contributed by atoms with van der Waals surface area (Å²) in [6, 6.07) is 13.8. The van der Waals surface area contributed by atoms with Crippen LogP contribution in [-0.2, 0) is 11.3 Å². The molecular weight excluding hydrogens is 502 g/mol. The smallest absolute Gasteiger partial charge is 0.300 e. The van der Waals surface area contributed by atoms with Gasteiger partial charge in [0, 0.05) is 55.1 Å². The van der Waals surface area contributed by atoms with E-state index in [0.717, 1.165) is 37.2 Å². The number of halogens is 2. The van der Waals surface area contributed by atoms with Crippen molar-refractivity contribution in [3.8, 4) is 11.1 Å². The minimum absolute atomic E-state index is 0.0507. The number of ether oxygens (including phenoxy) is 1. The average Bonchev–Trinajstić information content (AvgIpc) is 3.61. The average molecular weight is 533 g/mol. The molecule has 0 radical (unpaired) electrons. The summed E-state index contributed by atoms with van der Waals surface area (Å²) < 4.78 is 41.5. The number of aromatic nitrogens is 1. The lowest BCUT2D eigenvalue weighted by atomic mass is 10.0. The van der Waals surface area contributed by atoms with Crippen LogP contribution in [0, 0.1) is 18.6 Å². The number of aryl methyl sites for hydroxylation is 1. The number of benzene rings is 3. The Balaban J connectivity index is 1.24.